The molecule has 2 unspecified atom stereocenters. The van der Waals surface area contributed by atoms with Gasteiger partial charge in [0.25, 0.3) is 0 Å². The summed E-state index contributed by atoms with van der Waals surface area (Å²) in [5, 5.41) is 7.05. The highest BCUT2D eigenvalue weighted by Crippen LogP contribution is 2.49. The van der Waals surface area contributed by atoms with E-state index < -0.39 is 44.4 Å². The van der Waals surface area contributed by atoms with Crippen molar-refractivity contribution in [2.75, 3.05) is 6.26 Å². The van der Waals surface area contributed by atoms with Gasteiger partial charge in [-0.05, 0) is 49.8 Å². The van der Waals surface area contributed by atoms with Crippen LogP contribution in [0.4, 0.5) is 13.2 Å². The van der Waals surface area contributed by atoms with Gasteiger partial charge < -0.3 is 11.1 Å². The van der Waals surface area contributed by atoms with Crippen molar-refractivity contribution in [2.45, 2.75) is 65.6 Å². The number of amides is 1. The molecular formula is C22H25Cl2F3N4O3S. The Morgan fingerprint density at radius 1 is 1.23 bits per heavy atom. The monoisotopic (exact) mass is 552 g/mol. The Labute approximate surface area is 211 Å². The summed E-state index contributed by atoms with van der Waals surface area (Å²) in [6.07, 6.45) is -0.208. The molecule has 0 saturated heterocycles. The van der Waals surface area contributed by atoms with E-state index in [2.05, 4.69) is 10.4 Å². The molecule has 2 fully saturated rings. The minimum Gasteiger partial charge on any atom is -0.338 e. The first-order chi connectivity index (χ1) is 16.1. The zero-order valence-electron chi connectivity index (χ0n) is 18.8. The maximum absolute atomic E-state index is 13.2. The fourth-order valence-corrected chi connectivity index (χ4v) is 5.59. The maximum Gasteiger partial charge on any atom is 0.408 e. The molecule has 1 aromatic carbocycles. The molecule has 4 rings (SSSR count). The quantitative estimate of drug-likeness (QED) is 0.413. The smallest absolute Gasteiger partial charge is 0.338 e. The van der Waals surface area contributed by atoms with Gasteiger partial charge in [0.1, 0.15) is 10.9 Å². The van der Waals surface area contributed by atoms with Gasteiger partial charge in [0.2, 0.25) is 5.91 Å². The summed E-state index contributed by atoms with van der Waals surface area (Å²) < 4.78 is 62.8. The lowest BCUT2D eigenvalue weighted by Gasteiger charge is -2.37. The summed E-state index contributed by atoms with van der Waals surface area (Å²) in [5.41, 5.74) is 6.42. The van der Waals surface area contributed by atoms with Crippen LogP contribution in [0.15, 0.2) is 35.4 Å². The second-order valence-electron chi connectivity index (χ2n) is 9.49. The van der Waals surface area contributed by atoms with Crippen LogP contribution in [-0.2, 0) is 21.2 Å². The first-order valence-electron chi connectivity index (χ1n) is 11.0. The fraction of sp³-hybridized carbons (Fsp3) is 0.545. The number of hydrogen-bond donors (Lipinski definition) is 2. The van der Waals surface area contributed by atoms with Gasteiger partial charge >= 0.3 is 6.18 Å². The van der Waals surface area contributed by atoms with E-state index in [0.29, 0.717) is 42.5 Å². The molecule has 192 valence electrons. The van der Waals surface area contributed by atoms with Crippen LogP contribution in [0.3, 0.4) is 0 Å². The number of nitrogens with two attached hydrogens (primary N) is 1. The van der Waals surface area contributed by atoms with Gasteiger partial charge in [0.05, 0.1) is 16.3 Å². The van der Waals surface area contributed by atoms with Crippen LogP contribution in [0.5, 0.6) is 0 Å². The molecule has 2 aromatic rings. The number of halogens is 5. The van der Waals surface area contributed by atoms with E-state index in [-0.39, 0.29) is 17.2 Å². The van der Waals surface area contributed by atoms with E-state index in [1.54, 1.807) is 0 Å². The van der Waals surface area contributed by atoms with E-state index >= 15 is 0 Å². The van der Waals surface area contributed by atoms with Crippen LogP contribution in [-0.4, -0.2) is 46.5 Å². The molecule has 7 nitrogen and oxygen atoms in total. The van der Waals surface area contributed by atoms with Crippen LogP contribution in [0.1, 0.15) is 43.7 Å². The highest BCUT2D eigenvalue weighted by molar-refractivity contribution is 7.90. The lowest BCUT2D eigenvalue weighted by molar-refractivity contribution is -0.142. The molecule has 2 aliphatic rings. The molecule has 2 atom stereocenters. The van der Waals surface area contributed by atoms with Gasteiger partial charge in [-0.15, -0.1) is 23.2 Å². The highest BCUT2D eigenvalue weighted by Gasteiger charge is 2.48. The number of carbonyl (C=O) groups is 1. The molecule has 0 bridgehead atoms. The van der Waals surface area contributed by atoms with E-state index in [1.807, 2.05) is 0 Å². The Bertz CT molecular complexity index is 1230. The Balaban J connectivity index is 1.76. The third-order valence-electron chi connectivity index (χ3n) is 6.40. The van der Waals surface area contributed by atoms with Gasteiger partial charge in [-0.1, -0.05) is 12.1 Å². The third-order valence-corrected chi connectivity index (χ3v) is 8.21. The third kappa shape index (κ3) is 6.31. The first-order valence-corrected chi connectivity index (χ1v) is 13.6. The van der Waals surface area contributed by atoms with Crippen molar-refractivity contribution in [3.05, 3.63) is 36.2 Å². The molecule has 0 aliphatic heterocycles. The number of nitrogens with zero attached hydrogens (tertiary/aromatic N) is 2. The van der Waals surface area contributed by atoms with Gasteiger partial charge in [0, 0.05) is 29.9 Å². The Morgan fingerprint density at radius 3 is 2.40 bits per heavy atom. The number of hydrogen-bond acceptors (Lipinski definition) is 5. The number of sulfone groups is 1. The number of alkyl halides is 5. The normalized spacial score (nSPS) is 23.6. The Hall–Kier alpha value is -1.82. The SMILES string of the molecule is CS(=O)(=O)c1ccc(-c2cn(CC(F)(F)F)nc2C2CCC(Cl)(Cl)CC2C(=O)NC2(N)CC2)cc1. The molecule has 13 heteroatoms. The molecule has 0 radical (unpaired) electrons. The van der Waals surface area contributed by atoms with E-state index in [9.17, 15) is 26.4 Å². The number of benzene rings is 1. The molecule has 35 heavy (non-hydrogen) atoms. The maximum atomic E-state index is 13.2. The number of aromatic nitrogens is 2. The topological polar surface area (TPSA) is 107 Å². The number of rotatable bonds is 6. The molecule has 2 aliphatic carbocycles. The first kappa shape index (κ1) is 26.2. The molecular weight excluding hydrogens is 528 g/mol. The largest absolute Gasteiger partial charge is 0.408 e. The van der Waals surface area contributed by atoms with Gasteiger partial charge in [0.15, 0.2) is 9.84 Å². The van der Waals surface area contributed by atoms with E-state index in [0.717, 1.165) is 10.9 Å². The van der Waals surface area contributed by atoms with Crippen LogP contribution in [0.2, 0.25) is 0 Å². The summed E-state index contributed by atoms with van der Waals surface area (Å²) in [7, 11) is -3.46. The van der Waals surface area contributed by atoms with Crippen LogP contribution in [0.25, 0.3) is 11.1 Å². The molecule has 1 amide bonds. The molecule has 1 aromatic heterocycles. The van der Waals surface area contributed by atoms with Gasteiger partial charge in [-0.25, -0.2) is 8.42 Å². The van der Waals surface area contributed by atoms with Crippen molar-refractivity contribution in [3.63, 3.8) is 0 Å². The standard InChI is InChI=1S/C22H25Cl2F3N4O3S/c1-35(33,34)14-4-2-13(3-5-14)17-11-31(12-22(25,26)27)30-18(17)15-6-7-20(23,24)10-16(15)19(32)29-21(28)8-9-21/h2-5,11,15-16H,6-10,12,28H2,1H3,(H,29,32). The van der Waals surface area contributed by atoms with Gasteiger partial charge in [-0.2, -0.15) is 18.3 Å². The number of nitrogens with one attached hydrogen (secondary N) is 1. The summed E-state index contributed by atoms with van der Waals surface area (Å²) in [6.45, 7) is -1.31. The predicted octanol–water partition coefficient (Wildman–Crippen LogP) is 4.14. The van der Waals surface area contributed by atoms with Crippen molar-refractivity contribution in [1.82, 2.24) is 15.1 Å². The average molecular weight is 553 g/mol. The zero-order chi connectivity index (χ0) is 25.8. The minimum absolute atomic E-state index is 0.0761. The zero-order valence-corrected chi connectivity index (χ0v) is 21.1. The highest BCUT2D eigenvalue weighted by atomic mass is 35.5. The Kier molecular flexibility index (Phi) is 6.70. The van der Waals surface area contributed by atoms with Crippen LogP contribution in [0, 0.1) is 5.92 Å². The summed E-state index contributed by atoms with van der Waals surface area (Å²) in [5.74, 6) is -1.70. The van der Waals surface area contributed by atoms with Gasteiger partial charge in [-0.3, -0.25) is 9.48 Å². The van der Waals surface area contributed by atoms with E-state index in [1.165, 1.54) is 30.5 Å². The molecule has 0 spiro atoms. The molecule has 1 heterocycles. The molecule has 2 saturated carbocycles. The van der Waals surface area contributed by atoms with Crippen molar-refractivity contribution in [2.24, 2.45) is 11.7 Å². The van der Waals surface area contributed by atoms with Crippen molar-refractivity contribution >= 4 is 38.9 Å². The van der Waals surface area contributed by atoms with Crippen molar-refractivity contribution in [3.8, 4) is 11.1 Å². The second kappa shape index (κ2) is 8.93. The summed E-state index contributed by atoms with van der Waals surface area (Å²) >= 11 is 12.8. The number of carbonyl (C=O) groups excluding carboxylic acids is 1. The predicted molar refractivity (Wildman–Crippen MR) is 126 cm³/mol. The van der Waals surface area contributed by atoms with E-state index in [4.69, 9.17) is 28.9 Å². The lowest BCUT2D eigenvalue weighted by Crippen LogP contribution is -2.49. The fourth-order valence-electron chi connectivity index (χ4n) is 4.41. The minimum atomic E-state index is -4.51. The Morgan fingerprint density at radius 2 is 1.86 bits per heavy atom. The summed E-state index contributed by atoms with van der Waals surface area (Å²) in [4.78, 5) is 13.3. The van der Waals surface area contributed by atoms with Crippen molar-refractivity contribution in [1.29, 1.82) is 0 Å². The van der Waals surface area contributed by atoms with Crippen LogP contribution >= 0.6 is 23.2 Å². The van der Waals surface area contributed by atoms with Crippen molar-refractivity contribution < 1.29 is 26.4 Å². The van der Waals surface area contributed by atoms with Crippen LogP contribution < -0.4 is 11.1 Å². The summed E-state index contributed by atoms with van der Waals surface area (Å²) in [6, 6.07) is 5.79. The average Bonchev–Trinajstić information content (AvgIpc) is 3.30. The lowest BCUT2D eigenvalue weighted by atomic mass is 9.75. The second-order valence-corrected chi connectivity index (χ2v) is 13.2. The molecule has 3 N–H and O–H groups in total.